The van der Waals surface area contributed by atoms with E-state index in [1.165, 1.54) is 12.1 Å². The lowest BCUT2D eigenvalue weighted by Crippen LogP contribution is -2.27. The van der Waals surface area contributed by atoms with E-state index in [0.717, 1.165) is 29.9 Å². The van der Waals surface area contributed by atoms with Gasteiger partial charge in [0.15, 0.2) is 5.78 Å². The number of ketones is 1. The van der Waals surface area contributed by atoms with Gasteiger partial charge in [-0.1, -0.05) is 12.1 Å². The number of allylic oxidation sites excluding steroid dienone is 1. The Kier molecular flexibility index (Phi) is 6.89. The van der Waals surface area contributed by atoms with Gasteiger partial charge in [0.1, 0.15) is 11.6 Å². The highest BCUT2D eigenvalue weighted by Gasteiger charge is 2.26. The van der Waals surface area contributed by atoms with Crippen molar-refractivity contribution in [2.75, 3.05) is 20.2 Å². The van der Waals surface area contributed by atoms with Crippen LogP contribution in [-0.4, -0.2) is 51.6 Å². The van der Waals surface area contributed by atoms with Crippen molar-refractivity contribution in [3.05, 3.63) is 89.9 Å². The summed E-state index contributed by atoms with van der Waals surface area (Å²) in [4.78, 5) is 19.2. The number of methoxy groups -OCH3 is 1. The Morgan fingerprint density at radius 3 is 2.73 bits per heavy atom. The lowest BCUT2D eigenvalue weighted by Gasteiger charge is -2.25. The zero-order valence-corrected chi connectivity index (χ0v) is 18.8. The topological polar surface area (TPSA) is 67.6 Å². The second kappa shape index (κ2) is 10.0. The number of carbonyl (C=O) groups excluding carboxylic acids is 1. The van der Waals surface area contributed by atoms with Crippen molar-refractivity contribution < 1.29 is 19.0 Å². The third-order valence-electron chi connectivity index (χ3n) is 6.03. The van der Waals surface area contributed by atoms with Gasteiger partial charge in [0, 0.05) is 43.0 Å². The largest absolute Gasteiger partial charge is 0.495 e. The fourth-order valence-electron chi connectivity index (χ4n) is 4.21. The Morgan fingerprint density at radius 1 is 1.24 bits per heavy atom. The molecule has 1 aliphatic rings. The molecule has 1 N–H and O–H groups in total. The smallest absolute Gasteiger partial charge is 0.187 e. The quantitative estimate of drug-likeness (QED) is 0.450. The highest BCUT2D eigenvalue weighted by molar-refractivity contribution is 6.04. The lowest BCUT2D eigenvalue weighted by atomic mass is 9.91. The number of ether oxygens (including phenoxy) is 1. The van der Waals surface area contributed by atoms with Gasteiger partial charge in [0.05, 0.1) is 30.9 Å². The van der Waals surface area contributed by atoms with Gasteiger partial charge in [-0.05, 0) is 55.7 Å². The first-order chi connectivity index (χ1) is 15.9. The van der Waals surface area contributed by atoms with Crippen LogP contribution in [0.2, 0.25) is 0 Å². The van der Waals surface area contributed by atoms with Crippen LogP contribution in [0.25, 0.3) is 5.69 Å². The Labute approximate surface area is 192 Å². The standard InChI is InChI=1S/C26H28FN3O3/c1-18-15-30(17-28-18)23-10-7-20(14-26(23)33-2)24(31)11-13-29-12-3-4-25(32)22(16-29)19-5-8-21(27)9-6-19/h5-11,13-15,17,22,25,32H,3-4,12,16H2,1-2H3/b13-11+. The molecule has 1 aromatic heterocycles. The molecule has 33 heavy (non-hydrogen) atoms. The molecule has 0 saturated carbocycles. The van der Waals surface area contributed by atoms with E-state index in [1.807, 2.05) is 28.7 Å². The predicted octanol–water partition coefficient (Wildman–Crippen LogP) is 4.27. The number of imidazole rings is 1. The molecule has 6 nitrogen and oxygen atoms in total. The molecule has 2 heterocycles. The van der Waals surface area contributed by atoms with Crippen LogP contribution < -0.4 is 4.74 Å². The fourth-order valence-corrected chi connectivity index (χ4v) is 4.21. The summed E-state index contributed by atoms with van der Waals surface area (Å²) in [6.45, 7) is 3.20. The second-order valence-corrected chi connectivity index (χ2v) is 8.35. The molecule has 1 saturated heterocycles. The molecular formula is C26H28FN3O3. The number of aliphatic hydroxyl groups is 1. The first-order valence-electron chi connectivity index (χ1n) is 11.0. The van der Waals surface area contributed by atoms with Crippen molar-refractivity contribution in [3.63, 3.8) is 0 Å². The van der Waals surface area contributed by atoms with E-state index >= 15 is 0 Å². The minimum atomic E-state index is -0.506. The van der Waals surface area contributed by atoms with Crippen LogP contribution in [0.4, 0.5) is 4.39 Å². The number of carbonyl (C=O) groups is 1. The van der Waals surface area contributed by atoms with Crippen LogP contribution in [0.5, 0.6) is 5.75 Å². The summed E-state index contributed by atoms with van der Waals surface area (Å²) >= 11 is 0. The summed E-state index contributed by atoms with van der Waals surface area (Å²) in [6.07, 6.45) is 7.90. The number of likely N-dealkylation sites (tertiary alicyclic amines) is 1. The molecule has 4 rings (SSSR count). The highest BCUT2D eigenvalue weighted by atomic mass is 19.1. The lowest BCUT2D eigenvalue weighted by molar-refractivity contribution is 0.104. The summed E-state index contributed by atoms with van der Waals surface area (Å²) in [7, 11) is 1.57. The molecule has 2 unspecified atom stereocenters. The van der Waals surface area contributed by atoms with Crippen molar-refractivity contribution in [2.45, 2.75) is 31.8 Å². The third kappa shape index (κ3) is 5.31. The van der Waals surface area contributed by atoms with E-state index in [2.05, 4.69) is 4.98 Å². The fraction of sp³-hybridized carbons (Fsp3) is 0.308. The summed E-state index contributed by atoms with van der Waals surface area (Å²) in [5.41, 5.74) is 3.11. The molecule has 1 fully saturated rings. The number of rotatable bonds is 6. The van der Waals surface area contributed by atoms with Gasteiger partial charge in [-0.2, -0.15) is 0 Å². The maximum absolute atomic E-state index is 13.3. The normalized spacial score (nSPS) is 19.0. The van der Waals surface area contributed by atoms with Gasteiger partial charge in [0.25, 0.3) is 0 Å². The average molecular weight is 450 g/mol. The van der Waals surface area contributed by atoms with Crippen molar-refractivity contribution in [2.24, 2.45) is 0 Å². The number of benzene rings is 2. The summed E-state index contributed by atoms with van der Waals surface area (Å²) in [5, 5.41) is 10.6. The summed E-state index contributed by atoms with van der Waals surface area (Å²) < 4.78 is 20.7. The number of nitrogens with zero attached hydrogens (tertiary/aromatic N) is 3. The minimum Gasteiger partial charge on any atom is -0.495 e. The van der Waals surface area contributed by atoms with Crippen LogP contribution in [-0.2, 0) is 0 Å². The second-order valence-electron chi connectivity index (χ2n) is 8.35. The minimum absolute atomic E-state index is 0.134. The van der Waals surface area contributed by atoms with Gasteiger partial charge in [-0.15, -0.1) is 0 Å². The van der Waals surface area contributed by atoms with Gasteiger partial charge in [-0.3, -0.25) is 4.79 Å². The molecule has 0 spiro atoms. The third-order valence-corrected chi connectivity index (χ3v) is 6.03. The van der Waals surface area contributed by atoms with Gasteiger partial charge in [0.2, 0.25) is 0 Å². The van der Waals surface area contributed by atoms with Crippen molar-refractivity contribution >= 4 is 5.78 Å². The molecule has 172 valence electrons. The van der Waals surface area contributed by atoms with Gasteiger partial charge < -0.3 is 19.3 Å². The Bertz CT molecular complexity index is 1140. The van der Waals surface area contributed by atoms with E-state index in [4.69, 9.17) is 4.74 Å². The number of halogens is 1. The molecule has 0 aliphatic carbocycles. The van der Waals surface area contributed by atoms with Crippen LogP contribution in [0.3, 0.4) is 0 Å². The molecule has 7 heteroatoms. The highest BCUT2D eigenvalue weighted by Crippen LogP contribution is 2.28. The Hall–Kier alpha value is -3.45. The zero-order chi connectivity index (χ0) is 23.4. The van der Waals surface area contributed by atoms with E-state index in [0.29, 0.717) is 24.3 Å². The number of hydrogen-bond donors (Lipinski definition) is 1. The Morgan fingerprint density at radius 2 is 2.03 bits per heavy atom. The first kappa shape index (κ1) is 22.7. The zero-order valence-electron chi connectivity index (χ0n) is 18.8. The molecule has 0 radical (unpaired) electrons. The van der Waals surface area contributed by atoms with Crippen LogP contribution in [0.1, 0.15) is 40.4 Å². The van der Waals surface area contributed by atoms with Crippen molar-refractivity contribution in [1.82, 2.24) is 14.5 Å². The average Bonchev–Trinajstić information content (AvgIpc) is 3.17. The Balaban J connectivity index is 1.49. The van der Waals surface area contributed by atoms with E-state index in [-0.39, 0.29) is 17.5 Å². The molecular weight excluding hydrogens is 421 g/mol. The molecule has 2 atom stereocenters. The van der Waals surface area contributed by atoms with Crippen LogP contribution in [0.15, 0.2) is 67.3 Å². The number of aliphatic hydroxyl groups excluding tert-OH is 1. The number of aryl methyl sites for hydroxylation is 1. The van der Waals surface area contributed by atoms with Crippen LogP contribution >= 0.6 is 0 Å². The van der Waals surface area contributed by atoms with Gasteiger partial charge in [-0.25, -0.2) is 9.37 Å². The monoisotopic (exact) mass is 449 g/mol. The molecule has 0 amide bonds. The maximum Gasteiger partial charge on any atom is 0.187 e. The predicted molar refractivity (Wildman–Crippen MR) is 124 cm³/mol. The van der Waals surface area contributed by atoms with E-state index in [9.17, 15) is 14.3 Å². The SMILES string of the molecule is COc1cc(C(=O)/C=C/N2CCCC(O)C(c3ccc(F)cc3)C2)ccc1-n1cnc(C)c1. The van der Waals surface area contributed by atoms with Gasteiger partial charge >= 0.3 is 0 Å². The molecule has 1 aliphatic heterocycles. The molecule has 0 bridgehead atoms. The molecule has 3 aromatic rings. The summed E-state index contributed by atoms with van der Waals surface area (Å²) in [6, 6.07) is 11.6. The first-order valence-corrected chi connectivity index (χ1v) is 11.0. The van der Waals surface area contributed by atoms with Crippen LogP contribution in [0, 0.1) is 12.7 Å². The van der Waals surface area contributed by atoms with E-state index < -0.39 is 6.10 Å². The number of aromatic nitrogens is 2. The maximum atomic E-state index is 13.3. The molecule has 2 aromatic carbocycles. The van der Waals surface area contributed by atoms with Crippen molar-refractivity contribution in [1.29, 1.82) is 0 Å². The number of hydrogen-bond acceptors (Lipinski definition) is 5. The van der Waals surface area contributed by atoms with E-state index in [1.54, 1.807) is 50.0 Å². The summed E-state index contributed by atoms with van der Waals surface area (Å²) in [5.74, 6) is 0.00500. The van der Waals surface area contributed by atoms with Crippen molar-refractivity contribution in [3.8, 4) is 11.4 Å².